The fourth-order valence-electron chi connectivity index (χ4n) is 1.69. The van der Waals surface area contributed by atoms with Gasteiger partial charge in [0.15, 0.2) is 0 Å². The third-order valence-electron chi connectivity index (χ3n) is 2.78. The Bertz CT molecular complexity index is 404. The minimum absolute atomic E-state index is 0.0190. The zero-order valence-corrected chi connectivity index (χ0v) is 11.7. The molecule has 7 heteroatoms. The molecule has 1 aromatic rings. The standard InChI is InChI=1S/C11H20N4O2S/c1-4-15-10(8(12)5-13-15)11(17)14-7(2)9(6-16)18-3/h5,7,9,16H,4,6,12H2,1-3H3,(H,14,17). The van der Waals surface area contributed by atoms with Crippen molar-refractivity contribution in [3.63, 3.8) is 0 Å². The molecule has 0 aromatic carbocycles. The molecule has 6 nitrogen and oxygen atoms in total. The monoisotopic (exact) mass is 272 g/mol. The van der Waals surface area contributed by atoms with E-state index in [0.29, 0.717) is 17.9 Å². The number of hydrogen-bond acceptors (Lipinski definition) is 5. The predicted molar refractivity (Wildman–Crippen MR) is 73.6 cm³/mol. The first-order valence-electron chi connectivity index (χ1n) is 5.80. The molecular formula is C11H20N4O2S. The number of anilines is 1. The summed E-state index contributed by atoms with van der Waals surface area (Å²) in [6.45, 7) is 4.36. The van der Waals surface area contributed by atoms with Gasteiger partial charge in [-0.05, 0) is 20.1 Å². The lowest BCUT2D eigenvalue weighted by atomic mass is 10.2. The summed E-state index contributed by atoms with van der Waals surface area (Å²) < 4.78 is 1.56. The van der Waals surface area contributed by atoms with Crippen molar-refractivity contribution in [2.75, 3.05) is 18.6 Å². The highest BCUT2D eigenvalue weighted by Crippen LogP contribution is 2.14. The Hall–Kier alpha value is -1.21. The molecule has 0 radical (unpaired) electrons. The zero-order chi connectivity index (χ0) is 13.7. The molecule has 0 spiro atoms. The van der Waals surface area contributed by atoms with Crippen molar-refractivity contribution < 1.29 is 9.90 Å². The first-order valence-corrected chi connectivity index (χ1v) is 7.09. The number of aryl methyl sites for hydroxylation is 1. The molecular weight excluding hydrogens is 252 g/mol. The number of nitrogen functional groups attached to an aromatic ring is 1. The summed E-state index contributed by atoms with van der Waals surface area (Å²) >= 11 is 1.51. The smallest absolute Gasteiger partial charge is 0.271 e. The molecule has 1 amide bonds. The number of aliphatic hydroxyl groups excluding tert-OH is 1. The van der Waals surface area contributed by atoms with Crippen molar-refractivity contribution in [3.05, 3.63) is 11.9 Å². The number of aliphatic hydroxyl groups is 1. The lowest BCUT2D eigenvalue weighted by molar-refractivity contribution is 0.0926. The van der Waals surface area contributed by atoms with Crippen LogP contribution in [-0.4, -0.2) is 44.9 Å². The molecule has 102 valence electrons. The van der Waals surface area contributed by atoms with Crippen LogP contribution in [0.2, 0.25) is 0 Å². The van der Waals surface area contributed by atoms with Crippen LogP contribution in [0.5, 0.6) is 0 Å². The number of nitrogens with zero attached hydrogens (tertiary/aromatic N) is 2. The Morgan fingerprint density at radius 1 is 1.72 bits per heavy atom. The molecule has 0 aliphatic carbocycles. The van der Waals surface area contributed by atoms with Gasteiger partial charge in [-0.15, -0.1) is 0 Å². The van der Waals surface area contributed by atoms with Crippen molar-refractivity contribution in [2.45, 2.75) is 31.7 Å². The minimum Gasteiger partial charge on any atom is -0.396 e. The van der Waals surface area contributed by atoms with Gasteiger partial charge in [-0.1, -0.05) is 0 Å². The van der Waals surface area contributed by atoms with Crippen molar-refractivity contribution in [1.82, 2.24) is 15.1 Å². The summed E-state index contributed by atoms with van der Waals surface area (Å²) in [6, 6.07) is -0.142. The average Bonchev–Trinajstić information content (AvgIpc) is 2.71. The maximum absolute atomic E-state index is 12.1. The number of aromatic nitrogens is 2. The fraction of sp³-hybridized carbons (Fsp3) is 0.636. The van der Waals surface area contributed by atoms with Crippen LogP contribution in [0.3, 0.4) is 0 Å². The number of nitrogens with two attached hydrogens (primary N) is 1. The van der Waals surface area contributed by atoms with Crippen molar-refractivity contribution in [3.8, 4) is 0 Å². The number of thioether (sulfide) groups is 1. The van der Waals surface area contributed by atoms with Crippen molar-refractivity contribution in [1.29, 1.82) is 0 Å². The lowest BCUT2D eigenvalue weighted by Crippen LogP contribution is -2.42. The summed E-state index contributed by atoms with van der Waals surface area (Å²) in [5, 5.41) is 16.0. The Labute approximate surface area is 111 Å². The van der Waals surface area contributed by atoms with E-state index in [1.807, 2.05) is 20.1 Å². The van der Waals surface area contributed by atoms with Gasteiger partial charge in [-0.2, -0.15) is 16.9 Å². The van der Waals surface area contributed by atoms with E-state index in [0.717, 1.165) is 0 Å². The molecule has 0 aliphatic heterocycles. The largest absolute Gasteiger partial charge is 0.396 e. The molecule has 0 saturated carbocycles. The van der Waals surface area contributed by atoms with Gasteiger partial charge < -0.3 is 16.2 Å². The average molecular weight is 272 g/mol. The Balaban J connectivity index is 2.79. The summed E-state index contributed by atoms with van der Waals surface area (Å²) in [5.74, 6) is -0.258. The molecule has 2 unspecified atom stereocenters. The van der Waals surface area contributed by atoms with Crippen LogP contribution in [0.15, 0.2) is 6.20 Å². The summed E-state index contributed by atoms with van der Waals surface area (Å²) in [5.41, 5.74) is 6.48. The van der Waals surface area contributed by atoms with E-state index < -0.39 is 0 Å². The molecule has 0 bridgehead atoms. The topological polar surface area (TPSA) is 93.2 Å². The molecule has 1 aromatic heterocycles. The maximum Gasteiger partial charge on any atom is 0.271 e. The van der Waals surface area contributed by atoms with Crippen molar-refractivity contribution >= 4 is 23.4 Å². The van der Waals surface area contributed by atoms with E-state index in [9.17, 15) is 9.90 Å². The zero-order valence-electron chi connectivity index (χ0n) is 10.9. The number of carbonyl (C=O) groups is 1. The second kappa shape index (κ2) is 6.65. The lowest BCUT2D eigenvalue weighted by Gasteiger charge is -2.21. The van der Waals surface area contributed by atoms with Crippen LogP contribution in [0, 0.1) is 0 Å². The van der Waals surface area contributed by atoms with E-state index in [4.69, 9.17) is 5.73 Å². The maximum atomic E-state index is 12.1. The second-order valence-electron chi connectivity index (χ2n) is 3.98. The van der Waals surface area contributed by atoms with Crippen LogP contribution >= 0.6 is 11.8 Å². The molecule has 18 heavy (non-hydrogen) atoms. The SMILES string of the molecule is CCn1ncc(N)c1C(=O)NC(C)C(CO)SC. The molecule has 1 heterocycles. The minimum atomic E-state index is -0.258. The first-order chi connectivity index (χ1) is 8.54. The van der Waals surface area contributed by atoms with Gasteiger partial charge in [0.25, 0.3) is 5.91 Å². The normalized spacial score (nSPS) is 14.2. The van der Waals surface area contributed by atoms with Gasteiger partial charge in [0.1, 0.15) is 5.69 Å². The van der Waals surface area contributed by atoms with Gasteiger partial charge >= 0.3 is 0 Å². The highest BCUT2D eigenvalue weighted by molar-refractivity contribution is 7.99. The van der Waals surface area contributed by atoms with E-state index in [-0.39, 0.29) is 23.8 Å². The Kier molecular flexibility index (Phi) is 5.49. The third-order valence-corrected chi connectivity index (χ3v) is 3.94. The summed E-state index contributed by atoms with van der Waals surface area (Å²) in [6.07, 6.45) is 3.37. The van der Waals surface area contributed by atoms with Crippen LogP contribution in [0.25, 0.3) is 0 Å². The molecule has 4 N–H and O–H groups in total. The molecule has 1 rings (SSSR count). The van der Waals surface area contributed by atoms with E-state index in [1.54, 1.807) is 4.68 Å². The Morgan fingerprint density at radius 2 is 2.39 bits per heavy atom. The van der Waals surface area contributed by atoms with Crippen LogP contribution in [-0.2, 0) is 6.54 Å². The van der Waals surface area contributed by atoms with Crippen LogP contribution < -0.4 is 11.1 Å². The summed E-state index contributed by atoms with van der Waals surface area (Å²) in [7, 11) is 0. The van der Waals surface area contributed by atoms with E-state index in [2.05, 4.69) is 10.4 Å². The third kappa shape index (κ3) is 3.17. The van der Waals surface area contributed by atoms with Crippen molar-refractivity contribution in [2.24, 2.45) is 0 Å². The molecule has 0 saturated heterocycles. The predicted octanol–water partition coefficient (Wildman–Crippen LogP) is 0.327. The number of amides is 1. The van der Waals surface area contributed by atoms with Gasteiger partial charge in [0.05, 0.1) is 18.5 Å². The number of rotatable bonds is 6. The van der Waals surface area contributed by atoms with Gasteiger partial charge in [0.2, 0.25) is 0 Å². The number of carbonyl (C=O) groups excluding carboxylic acids is 1. The van der Waals surface area contributed by atoms with Gasteiger partial charge in [-0.25, -0.2) is 0 Å². The first kappa shape index (κ1) is 14.8. The van der Waals surface area contributed by atoms with Gasteiger partial charge in [-0.3, -0.25) is 9.48 Å². The Morgan fingerprint density at radius 3 is 2.89 bits per heavy atom. The van der Waals surface area contributed by atoms with Crippen LogP contribution in [0.4, 0.5) is 5.69 Å². The quantitative estimate of drug-likeness (QED) is 0.694. The highest BCUT2D eigenvalue weighted by Gasteiger charge is 2.21. The van der Waals surface area contributed by atoms with E-state index >= 15 is 0 Å². The van der Waals surface area contributed by atoms with Crippen LogP contribution in [0.1, 0.15) is 24.3 Å². The second-order valence-corrected chi connectivity index (χ2v) is 5.06. The molecule has 0 fully saturated rings. The van der Waals surface area contributed by atoms with Gasteiger partial charge in [0, 0.05) is 17.8 Å². The fourth-order valence-corrected chi connectivity index (χ4v) is 2.32. The number of nitrogens with one attached hydrogen (secondary N) is 1. The highest BCUT2D eigenvalue weighted by atomic mass is 32.2. The molecule has 0 aliphatic rings. The number of hydrogen-bond donors (Lipinski definition) is 3. The molecule has 2 atom stereocenters. The summed E-state index contributed by atoms with van der Waals surface area (Å²) in [4.78, 5) is 12.1. The van der Waals surface area contributed by atoms with E-state index in [1.165, 1.54) is 18.0 Å².